The highest BCUT2D eigenvalue weighted by molar-refractivity contribution is 7.07. The number of hydrogen-bond donors (Lipinski definition) is 0. The average molecular weight is 528 g/mol. The van der Waals surface area contributed by atoms with Crippen molar-refractivity contribution in [1.29, 1.82) is 0 Å². The molecule has 0 N–H and O–H groups in total. The van der Waals surface area contributed by atoms with E-state index in [2.05, 4.69) is 15.6 Å². The lowest BCUT2D eigenvalue weighted by molar-refractivity contribution is -0.384. The van der Waals surface area contributed by atoms with Crippen LogP contribution in [0.5, 0.6) is 5.75 Å². The SMILES string of the molecule is CCOc1ccc(-n2c(C)cc(C=Nn3c(-c4ccco4)csc3=Nc3ccccc3[N+](=O)[O-])c2C)cc1. The lowest BCUT2D eigenvalue weighted by Crippen LogP contribution is -2.11. The molecule has 5 rings (SSSR count). The van der Waals surface area contributed by atoms with Crippen molar-refractivity contribution in [3.05, 3.63) is 110 Å². The van der Waals surface area contributed by atoms with Gasteiger partial charge in [-0.2, -0.15) is 5.10 Å². The highest BCUT2D eigenvalue weighted by atomic mass is 32.1. The van der Waals surface area contributed by atoms with Crippen LogP contribution in [0, 0.1) is 24.0 Å². The number of rotatable bonds is 8. The van der Waals surface area contributed by atoms with Crippen LogP contribution in [0.2, 0.25) is 0 Å². The fourth-order valence-corrected chi connectivity index (χ4v) is 5.02. The van der Waals surface area contributed by atoms with Crippen molar-refractivity contribution in [3.8, 4) is 22.9 Å². The Morgan fingerprint density at radius 2 is 1.89 bits per heavy atom. The van der Waals surface area contributed by atoms with E-state index in [-0.39, 0.29) is 11.4 Å². The molecule has 192 valence electrons. The molecule has 0 bridgehead atoms. The van der Waals surface area contributed by atoms with Crippen LogP contribution in [0.15, 0.2) is 92.9 Å². The lowest BCUT2D eigenvalue weighted by atomic mass is 10.2. The van der Waals surface area contributed by atoms with Gasteiger partial charge in [-0.25, -0.2) is 9.67 Å². The summed E-state index contributed by atoms with van der Waals surface area (Å²) in [5.74, 6) is 1.44. The minimum atomic E-state index is -0.441. The molecule has 10 heteroatoms. The third-order valence-electron chi connectivity index (χ3n) is 5.94. The van der Waals surface area contributed by atoms with Gasteiger partial charge in [-0.3, -0.25) is 10.1 Å². The van der Waals surface area contributed by atoms with Gasteiger partial charge in [-0.05, 0) is 69.3 Å². The summed E-state index contributed by atoms with van der Waals surface area (Å²) in [6.07, 6.45) is 3.36. The van der Waals surface area contributed by atoms with Crippen molar-refractivity contribution in [2.75, 3.05) is 6.61 Å². The Kier molecular flexibility index (Phi) is 7.05. The van der Waals surface area contributed by atoms with Crippen molar-refractivity contribution in [3.63, 3.8) is 0 Å². The second-order valence-electron chi connectivity index (χ2n) is 8.38. The fourth-order valence-electron chi connectivity index (χ4n) is 4.19. The first kappa shape index (κ1) is 25.0. The van der Waals surface area contributed by atoms with Crippen LogP contribution in [0.3, 0.4) is 0 Å². The number of thiazole rings is 1. The Labute approximate surface area is 222 Å². The molecule has 0 fully saturated rings. The van der Waals surface area contributed by atoms with Gasteiger partial charge in [0, 0.05) is 34.1 Å². The molecule has 0 unspecified atom stereocenters. The quantitative estimate of drug-likeness (QED) is 0.128. The van der Waals surface area contributed by atoms with Crippen LogP contribution in [0.4, 0.5) is 11.4 Å². The number of nitro groups is 1. The molecule has 5 aromatic rings. The van der Waals surface area contributed by atoms with Crippen molar-refractivity contribution in [2.24, 2.45) is 10.1 Å². The van der Waals surface area contributed by atoms with Crippen molar-refractivity contribution in [2.45, 2.75) is 20.8 Å². The van der Waals surface area contributed by atoms with E-state index >= 15 is 0 Å². The van der Waals surface area contributed by atoms with Gasteiger partial charge in [0.2, 0.25) is 4.80 Å². The third-order valence-corrected chi connectivity index (χ3v) is 6.76. The molecule has 0 radical (unpaired) electrons. The van der Waals surface area contributed by atoms with E-state index in [0.717, 1.165) is 28.4 Å². The number of ether oxygens (including phenoxy) is 1. The minimum absolute atomic E-state index is 0.0742. The second-order valence-corrected chi connectivity index (χ2v) is 9.22. The summed E-state index contributed by atoms with van der Waals surface area (Å²) in [7, 11) is 0. The molecule has 0 aliphatic rings. The zero-order chi connectivity index (χ0) is 26.6. The molecule has 0 aliphatic heterocycles. The van der Waals surface area contributed by atoms with Gasteiger partial charge in [0.1, 0.15) is 17.1 Å². The summed E-state index contributed by atoms with van der Waals surface area (Å²) in [5.41, 5.74) is 4.89. The Balaban J connectivity index is 1.58. The van der Waals surface area contributed by atoms with E-state index in [4.69, 9.17) is 14.3 Å². The highest BCUT2D eigenvalue weighted by Gasteiger charge is 2.15. The summed E-state index contributed by atoms with van der Waals surface area (Å²) < 4.78 is 15.0. The van der Waals surface area contributed by atoms with Crippen molar-refractivity contribution >= 4 is 28.9 Å². The van der Waals surface area contributed by atoms with E-state index in [9.17, 15) is 10.1 Å². The maximum absolute atomic E-state index is 11.5. The minimum Gasteiger partial charge on any atom is -0.494 e. The van der Waals surface area contributed by atoms with Crippen molar-refractivity contribution in [1.82, 2.24) is 9.24 Å². The number of benzene rings is 2. The summed E-state index contributed by atoms with van der Waals surface area (Å²) in [6.45, 7) is 6.66. The number of nitro benzene ring substituents is 1. The van der Waals surface area contributed by atoms with Gasteiger partial charge >= 0.3 is 0 Å². The summed E-state index contributed by atoms with van der Waals surface area (Å²) >= 11 is 1.32. The van der Waals surface area contributed by atoms with Crippen LogP contribution in [-0.4, -0.2) is 27.0 Å². The Morgan fingerprint density at radius 1 is 1.11 bits per heavy atom. The maximum Gasteiger partial charge on any atom is 0.294 e. The van der Waals surface area contributed by atoms with Gasteiger partial charge in [0.25, 0.3) is 5.69 Å². The topological polar surface area (TPSA) is 100 Å². The molecule has 0 atom stereocenters. The molecule has 0 saturated heterocycles. The molecular formula is C28H25N5O4S. The van der Waals surface area contributed by atoms with Crippen LogP contribution < -0.4 is 9.54 Å². The summed E-state index contributed by atoms with van der Waals surface area (Å²) in [5, 5.41) is 18.2. The molecule has 0 saturated carbocycles. The van der Waals surface area contributed by atoms with E-state index in [1.807, 2.05) is 56.5 Å². The Hall–Kier alpha value is -4.70. The number of hydrogen-bond acceptors (Lipinski definition) is 7. The number of aryl methyl sites for hydroxylation is 1. The standard InChI is InChI=1S/C28H25N5O4S/c1-4-36-23-13-11-22(12-14-23)31-19(2)16-21(20(31)3)17-29-32-26(27-10-7-15-37-27)18-38-28(32)30-24-8-5-6-9-25(24)33(34)35/h5-18H,4H2,1-3H3. The first-order valence-corrected chi connectivity index (χ1v) is 12.8. The van der Waals surface area contributed by atoms with Gasteiger partial charge < -0.3 is 13.7 Å². The monoisotopic (exact) mass is 527 g/mol. The second kappa shape index (κ2) is 10.7. The van der Waals surface area contributed by atoms with Crippen LogP contribution in [-0.2, 0) is 0 Å². The molecule has 38 heavy (non-hydrogen) atoms. The molecule has 0 spiro atoms. The molecule has 3 heterocycles. The summed E-state index contributed by atoms with van der Waals surface area (Å²) in [6, 6.07) is 20.0. The normalized spacial score (nSPS) is 11.9. The number of furan rings is 1. The zero-order valence-electron chi connectivity index (χ0n) is 21.1. The smallest absolute Gasteiger partial charge is 0.294 e. The Morgan fingerprint density at radius 3 is 2.61 bits per heavy atom. The molecule has 0 amide bonds. The molecule has 9 nitrogen and oxygen atoms in total. The van der Waals surface area contributed by atoms with Gasteiger partial charge in [-0.15, -0.1) is 11.3 Å². The van der Waals surface area contributed by atoms with E-state index in [1.54, 1.807) is 41.4 Å². The number of aromatic nitrogens is 2. The maximum atomic E-state index is 11.5. The highest BCUT2D eigenvalue weighted by Crippen LogP contribution is 2.27. The van der Waals surface area contributed by atoms with Gasteiger partial charge in [0.15, 0.2) is 5.76 Å². The van der Waals surface area contributed by atoms with E-state index in [0.29, 0.717) is 22.9 Å². The predicted octanol–water partition coefficient (Wildman–Crippen LogP) is 6.64. The molecular weight excluding hydrogens is 502 g/mol. The third kappa shape index (κ3) is 4.94. The van der Waals surface area contributed by atoms with Crippen LogP contribution in [0.1, 0.15) is 23.9 Å². The van der Waals surface area contributed by atoms with Gasteiger partial charge in [0.05, 0.1) is 24.0 Å². The molecule has 3 aromatic heterocycles. The first-order chi connectivity index (χ1) is 18.5. The predicted molar refractivity (Wildman–Crippen MR) is 148 cm³/mol. The largest absolute Gasteiger partial charge is 0.494 e. The van der Waals surface area contributed by atoms with E-state index in [1.165, 1.54) is 17.4 Å². The Bertz CT molecular complexity index is 1680. The van der Waals surface area contributed by atoms with E-state index < -0.39 is 4.92 Å². The van der Waals surface area contributed by atoms with Crippen LogP contribution in [0.25, 0.3) is 17.1 Å². The summed E-state index contributed by atoms with van der Waals surface area (Å²) in [4.78, 5) is 16.1. The number of nitrogens with zero attached hydrogens (tertiary/aromatic N) is 5. The molecule has 0 aliphatic carbocycles. The molecule has 2 aromatic carbocycles. The van der Waals surface area contributed by atoms with Crippen molar-refractivity contribution < 1.29 is 14.1 Å². The lowest BCUT2D eigenvalue weighted by Gasteiger charge is -2.11. The fraction of sp³-hybridized carbons (Fsp3) is 0.143. The average Bonchev–Trinajstić information content (AvgIpc) is 3.64. The first-order valence-electron chi connectivity index (χ1n) is 12.0. The van der Waals surface area contributed by atoms with Gasteiger partial charge in [-0.1, -0.05) is 12.1 Å². The zero-order valence-corrected chi connectivity index (χ0v) is 21.9. The van der Waals surface area contributed by atoms with Crippen LogP contribution >= 0.6 is 11.3 Å². The number of para-hydroxylation sites is 2.